The molecule has 0 radical (unpaired) electrons. The van der Waals surface area contributed by atoms with Crippen molar-refractivity contribution in [1.29, 1.82) is 0 Å². The number of nitrogens with one attached hydrogen (secondary N) is 4. The zero-order chi connectivity index (χ0) is 43.9. The van der Waals surface area contributed by atoms with Gasteiger partial charge in [0.2, 0.25) is 11.8 Å². The molecule has 1 aromatic carbocycles. The van der Waals surface area contributed by atoms with E-state index in [0.29, 0.717) is 65.3 Å². The molecule has 5 N–H and O–H groups in total. The summed E-state index contributed by atoms with van der Waals surface area (Å²) < 4.78 is 20.5. The molecule has 2 saturated heterocycles. The zero-order valence-electron chi connectivity index (χ0n) is 36.8. The number of amides is 3. The lowest BCUT2D eigenvalue weighted by Gasteiger charge is -2.35. The maximum absolute atomic E-state index is 14.8. The summed E-state index contributed by atoms with van der Waals surface area (Å²) >= 11 is 0. The van der Waals surface area contributed by atoms with Gasteiger partial charge in [-0.25, -0.2) is 19.3 Å². The number of piperazine rings is 1. The van der Waals surface area contributed by atoms with Crippen LogP contribution in [0.25, 0.3) is 16.7 Å². The number of nitrogens with zero attached hydrogens (tertiary/aromatic N) is 5. The minimum atomic E-state index is -1.40. The van der Waals surface area contributed by atoms with E-state index in [1.54, 1.807) is 10.7 Å². The van der Waals surface area contributed by atoms with Gasteiger partial charge in [0, 0.05) is 75.0 Å². The van der Waals surface area contributed by atoms with E-state index in [9.17, 15) is 24.3 Å². The van der Waals surface area contributed by atoms with E-state index in [2.05, 4.69) is 26.2 Å². The zero-order valence-corrected chi connectivity index (χ0v) is 36.8. The lowest BCUT2D eigenvalue weighted by Crippen LogP contribution is -2.59. The van der Waals surface area contributed by atoms with Gasteiger partial charge in [0.05, 0.1) is 12.1 Å². The van der Waals surface area contributed by atoms with Crippen molar-refractivity contribution < 1.29 is 38.5 Å². The third-order valence-electron chi connectivity index (χ3n) is 13.2. The lowest BCUT2D eigenvalue weighted by atomic mass is 9.85. The first-order valence-electron chi connectivity index (χ1n) is 22.4. The molecule has 336 valence electrons. The number of pyridine rings is 1. The highest BCUT2D eigenvalue weighted by Gasteiger charge is 2.61. The molecule has 3 amide bonds. The number of fused-ring (bicyclic) bond motifs is 2. The van der Waals surface area contributed by atoms with Crippen molar-refractivity contribution in [2.24, 2.45) is 23.2 Å². The highest BCUT2D eigenvalue weighted by Crippen LogP contribution is 2.52. The SMILES string of the molecule is CC[C@@H]1C[C@]1(NC(=O)[C@@H]1C[C@@H](Oc2cc(-n3ccc(NC(C)C)n3)nc3cc(OCCN4CCNCC4)ccc23)CN1C(=O)[C@@H](NC(=O)OC1C[C@@H]2C[C@@H]2C1)C(C)(C)C)C(=O)O. The Balaban J connectivity index is 1.07. The predicted molar refractivity (Wildman–Crippen MR) is 231 cm³/mol. The van der Waals surface area contributed by atoms with Crippen LogP contribution in [0, 0.1) is 23.2 Å². The number of benzene rings is 1. The monoisotopic (exact) mass is 857 g/mol. The Bertz CT molecular complexity index is 2140. The summed E-state index contributed by atoms with van der Waals surface area (Å²) in [5.41, 5.74) is -1.57. The summed E-state index contributed by atoms with van der Waals surface area (Å²) in [6.07, 6.45) is 4.07. The molecular formula is C45H63N9O8. The van der Waals surface area contributed by atoms with Crippen molar-refractivity contribution in [3.63, 3.8) is 0 Å². The second kappa shape index (κ2) is 17.5. The molecule has 4 heterocycles. The van der Waals surface area contributed by atoms with Gasteiger partial charge in [0.1, 0.15) is 53.8 Å². The second-order valence-corrected chi connectivity index (χ2v) is 19.3. The van der Waals surface area contributed by atoms with Crippen LogP contribution in [-0.2, 0) is 19.1 Å². The standard InChI is InChI=1S/C45H63N9O8/c1-7-29-24-45(29,42(57)58)50-40(55)35-22-32(25-53(35)41(56)39(44(4,5)6)49-43(59)62-31-19-27-18-28(27)20-31)61-36-23-38(54-13-10-37(51-54)47-26(2)3)48-34-21-30(8-9-33(34)36)60-17-16-52-14-11-46-12-15-52/h8-10,13,21,23,26-29,31-32,35,39,46H,7,11-12,14-20,22,24-25H2,1-6H3,(H,47,51)(H,49,59)(H,50,55)(H,57,58)/t27-,28+,29-,31?,32-,35+,39-,45-/m1/s1. The predicted octanol–water partition coefficient (Wildman–Crippen LogP) is 4.18. The number of alkyl carbamates (subject to hydrolysis) is 1. The molecule has 5 fully saturated rings. The molecule has 3 aliphatic carbocycles. The van der Waals surface area contributed by atoms with Crippen LogP contribution in [0.4, 0.5) is 10.6 Å². The number of aliphatic carboxylic acids is 1. The van der Waals surface area contributed by atoms with E-state index >= 15 is 0 Å². The molecule has 2 aromatic heterocycles. The summed E-state index contributed by atoms with van der Waals surface area (Å²) in [5.74, 6) is 1.12. The van der Waals surface area contributed by atoms with Crippen LogP contribution in [0.5, 0.6) is 11.5 Å². The van der Waals surface area contributed by atoms with Crippen molar-refractivity contribution in [3.8, 4) is 17.3 Å². The second-order valence-electron chi connectivity index (χ2n) is 19.3. The number of carboxylic acids is 1. The molecule has 17 nitrogen and oxygen atoms in total. The first-order valence-corrected chi connectivity index (χ1v) is 22.4. The smallest absolute Gasteiger partial charge is 0.408 e. The molecule has 8 rings (SSSR count). The topological polar surface area (TPSA) is 202 Å². The van der Waals surface area contributed by atoms with Crippen molar-refractivity contribution in [1.82, 2.24) is 40.5 Å². The van der Waals surface area contributed by atoms with Crippen LogP contribution in [0.3, 0.4) is 0 Å². The highest BCUT2D eigenvalue weighted by molar-refractivity contribution is 5.96. The first kappa shape index (κ1) is 43.5. The first-order chi connectivity index (χ1) is 29.6. The molecule has 62 heavy (non-hydrogen) atoms. The molecule has 8 atom stereocenters. The largest absolute Gasteiger partial charge is 0.492 e. The minimum absolute atomic E-state index is 0.0000804. The Hall–Kier alpha value is -5.16. The molecule has 17 heteroatoms. The fourth-order valence-corrected chi connectivity index (χ4v) is 9.54. The van der Waals surface area contributed by atoms with Gasteiger partial charge in [-0.2, -0.15) is 0 Å². The van der Waals surface area contributed by atoms with Crippen LogP contribution >= 0.6 is 0 Å². The number of aromatic nitrogens is 3. The van der Waals surface area contributed by atoms with Gasteiger partial charge >= 0.3 is 12.1 Å². The Morgan fingerprint density at radius 3 is 2.45 bits per heavy atom. The van der Waals surface area contributed by atoms with E-state index in [-0.39, 0.29) is 31.0 Å². The van der Waals surface area contributed by atoms with Crippen LogP contribution in [0.1, 0.15) is 80.1 Å². The van der Waals surface area contributed by atoms with E-state index in [1.165, 1.54) is 11.3 Å². The van der Waals surface area contributed by atoms with Crippen molar-refractivity contribution in [2.45, 2.75) is 116 Å². The number of anilines is 1. The Labute approximate surface area is 363 Å². The summed E-state index contributed by atoms with van der Waals surface area (Å²) in [6, 6.07) is 7.34. The summed E-state index contributed by atoms with van der Waals surface area (Å²) in [5, 5.41) is 28.0. The van der Waals surface area contributed by atoms with E-state index in [0.717, 1.165) is 45.6 Å². The quantitative estimate of drug-likeness (QED) is 0.138. The van der Waals surface area contributed by atoms with E-state index in [4.69, 9.17) is 24.3 Å². The van der Waals surface area contributed by atoms with Gasteiger partial charge in [-0.1, -0.05) is 34.1 Å². The average molecular weight is 858 g/mol. The number of carbonyl (C=O) groups is 4. The van der Waals surface area contributed by atoms with Gasteiger partial charge < -0.3 is 45.5 Å². The summed E-state index contributed by atoms with van der Waals surface area (Å²) in [6.45, 7) is 16.7. The molecule has 0 spiro atoms. The molecule has 5 aliphatic rings. The highest BCUT2D eigenvalue weighted by atomic mass is 16.6. The summed E-state index contributed by atoms with van der Waals surface area (Å²) in [7, 11) is 0. The Morgan fingerprint density at radius 2 is 1.77 bits per heavy atom. The molecule has 0 bridgehead atoms. The van der Waals surface area contributed by atoms with Gasteiger partial charge in [-0.05, 0) is 74.8 Å². The van der Waals surface area contributed by atoms with Gasteiger partial charge in [0.25, 0.3) is 0 Å². The number of hydrogen-bond acceptors (Lipinski definition) is 12. The maximum Gasteiger partial charge on any atom is 0.408 e. The van der Waals surface area contributed by atoms with Crippen molar-refractivity contribution in [2.75, 3.05) is 51.2 Å². The van der Waals surface area contributed by atoms with Crippen LogP contribution in [0.15, 0.2) is 36.5 Å². The number of likely N-dealkylation sites (tertiary alicyclic amines) is 1. The summed E-state index contributed by atoms with van der Waals surface area (Å²) in [4.78, 5) is 63.7. The average Bonchev–Trinajstić information content (AvgIpc) is 3.89. The van der Waals surface area contributed by atoms with Gasteiger partial charge in [0.15, 0.2) is 5.82 Å². The fourth-order valence-electron chi connectivity index (χ4n) is 9.54. The van der Waals surface area contributed by atoms with Crippen LogP contribution in [-0.4, -0.2) is 135 Å². The molecule has 1 unspecified atom stereocenters. The molecular weight excluding hydrogens is 795 g/mol. The number of hydrogen-bond donors (Lipinski definition) is 5. The number of rotatable bonds is 16. The third-order valence-corrected chi connectivity index (χ3v) is 13.2. The number of carboxylic acid groups (broad SMARTS) is 1. The van der Waals surface area contributed by atoms with Crippen molar-refractivity contribution >= 4 is 40.6 Å². The van der Waals surface area contributed by atoms with Crippen LogP contribution < -0.4 is 30.7 Å². The Kier molecular flexibility index (Phi) is 12.3. The molecule has 2 aliphatic heterocycles. The molecule has 3 aromatic rings. The van der Waals surface area contributed by atoms with Crippen molar-refractivity contribution in [3.05, 3.63) is 36.5 Å². The normalized spacial score (nSPS) is 27.4. The van der Waals surface area contributed by atoms with E-state index < -0.39 is 53.0 Å². The third kappa shape index (κ3) is 9.58. The maximum atomic E-state index is 14.8. The Morgan fingerprint density at radius 1 is 1.02 bits per heavy atom. The van der Waals surface area contributed by atoms with Gasteiger partial charge in [-0.15, -0.1) is 5.10 Å². The minimum Gasteiger partial charge on any atom is -0.492 e. The number of carbonyl (C=O) groups excluding carboxylic acids is 3. The lowest BCUT2D eigenvalue weighted by molar-refractivity contribution is -0.146. The fraction of sp³-hybridized carbons (Fsp3) is 0.644. The van der Waals surface area contributed by atoms with E-state index in [1.807, 2.05) is 72.0 Å². The number of ether oxygens (including phenoxy) is 3. The molecule has 3 saturated carbocycles. The van der Waals surface area contributed by atoms with Crippen LogP contribution in [0.2, 0.25) is 0 Å². The van der Waals surface area contributed by atoms with Gasteiger partial charge in [-0.3, -0.25) is 14.5 Å².